The number of imidazole rings is 1. The van der Waals surface area contributed by atoms with Crippen LogP contribution in [-0.4, -0.2) is 14.3 Å². The highest BCUT2D eigenvalue weighted by Gasteiger charge is 2.20. The summed E-state index contributed by atoms with van der Waals surface area (Å²) in [5.41, 5.74) is 4.09. The third kappa shape index (κ3) is 2.33. The van der Waals surface area contributed by atoms with Gasteiger partial charge in [-0.2, -0.15) is 0 Å². The number of nitro groups is 1. The van der Waals surface area contributed by atoms with Crippen molar-refractivity contribution in [3.8, 4) is 11.3 Å². The Morgan fingerprint density at radius 3 is 2.77 bits per heavy atom. The van der Waals surface area contributed by atoms with Crippen LogP contribution in [0, 0.1) is 17.0 Å². The number of rotatable bonds is 3. The number of benzene rings is 1. The zero-order valence-corrected chi connectivity index (χ0v) is 12.9. The molecule has 1 aromatic carbocycles. The highest BCUT2D eigenvalue weighted by Crippen LogP contribution is 2.33. The molecule has 0 radical (unpaired) electrons. The van der Waals surface area contributed by atoms with E-state index in [1.807, 2.05) is 42.6 Å². The van der Waals surface area contributed by atoms with Gasteiger partial charge in [0, 0.05) is 23.9 Å². The van der Waals surface area contributed by atoms with Crippen LogP contribution in [0.5, 0.6) is 0 Å². The maximum Gasteiger partial charge on any atom is 0.270 e. The second-order valence-electron chi connectivity index (χ2n) is 5.15. The molecule has 0 bridgehead atoms. The van der Waals surface area contributed by atoms with Gasteiger partial charge in [0.05, 0.1) is 21.7 Å². The minimum absolute atomic E-state index is 0.0412. The van der Waals surface area contributed by atoms with E-state index in [9.17, 15) is 10.1 Å². The van der Waals surface area contributed by atoms with Crippen LogP contribution < -0.4 is 0 Å². The standard InChI is InChI=1S/C16H14ClN3O2/c1-10-5-4-8-19-15(11(2)17)14(18-16(10)19)12-6-3-7-13(9-12)20(21)22/h3-9,11H,1-2H3. The van der Waals surface area contributed by atoms with Crippen LogP contribution in [-0.2, 0) is 0 Å². The highest BCUT2D eigenvalue weighted by molar-refractivity contribution is 6.20. The van der Waals surface area contributed by atoms with E-state index in [2.05, 4.69) is 4.98 Å². The molecule has 0 aliphatic carbocycles. The Hall–Kier alpha value is -2.40. The predicted molar refractivity (Wildman–Crippen MR) is 86.3 cm³/mol. The molecule has 0 N–H and O–H groups in total. The molecule has 2 aromatic heterocycles. The Labute approximate surface area is 132 Å². The van der Waals surface area contributed by atoms with E-state index in [0.717, 1.165) is 16.9 Å². The molecule has 0 aliphatic heterocycles. The molecule has 2 heterocycles. The number of nitrogens with zero attached hydrogens (tertiary/aromatic N) is 3. The Kier molecular flexibility index (Phi) is 3.58. The Bertz CT molecular complexity index is 871. The molecule has 0 spiro atoms. The maximum atomic E-state index is 11.0. The van der Waals surface area contributed by atoms with Gasteiger partial charge in [-0.1, -0.05) is 18.2 Å². The molecule has 0 saturated heterocycles. The Morgan fingerprint density at radius 2 is 2.09 bits per heavy atom. The molecule has 0 amide bonds. The summed E-state index contributed by atoms with van der Waals surface area (Å²) in [5, 5.41) is 10.7. The Morgan fingerprint density at radius 1 is 1.32 bits per heavy atom. The first kappa shape index (κ1) is 14.5. The quantitative estimate of drug-likeness (QED) is 0.405. The van der Waals surface area contributed by atoms with Gasteiger partial charge < -0.3 is 4.40 Å². The zero-order valence-electron chi connectivity index (χ0n) is 12.2. The first-order valence-corrected chi connectivity index (χ1v) is 7.29. The topological polar surface area (TPSA) is 60.4 Å². The fraction of sp³-hybridized carbons (Fsp3) is 0.188. The number of fused-ring (bicyclic) bond motifs is 1. The van der Waals surface area contributed by atoms with Crippen molar-refractivity contribution in [2.45, 2.75) is 19.2 Å². The maximum absolute atomic E-state index is 11.0. The van der Waals surface area contributed by atoms with Crippen molar-refractivity contribution in [3.05, 3.63) is 64.0 Å². The van der Waals surface area contributed by atoms with Gasteiger partial charge >= 0.3 is 0 Å². The molecule has 5 nitrogen and oxygen atoms in total. The second kappa shape index (κ2) is 5.42. The van der Waals surface area contributed by atoms with E-state index in [1.54, 1.807) is 6.07 Å². The number of halogens is 1. The number of nitro benzene ring substituents is 1. The van der Waals surface area contributed by atoms with Crippen LogP contribution in [0.2, 0.25) is 0 Å². The Balaban J connectivity index is 2.31. The molecular weight excluding hydrogens is 302 g/mol. The molecule has 22 heavy (non-hydrogen) atoms. The van der Waals surface area contributed by atoms with E-state index in [0.29, 0.717) is 11.3 Å². The molecule has 112 valence electrons. The summed E-state index contributed by atoms with van der Waals surface area (Å²) in [6, 6.07) is 10.4. The minimum Gasteiger partial charge on any atom is -0.302 e. The summed E-state index contributed by atoms with van der Waals surface area (Å²) in [4.78, 5) is 15.2. The van der Waals surface area contributed by atoms with Gasteiger partial charge in [0.2, 0.25) is 0 Å². The van der Waals surface area contributed by atoms with Crippen molar-refractivity contribution in [2.75, 3.05) is 0 Å². The van der Waals surface area contributed by atoms with Gasteiger partial charge in [0.25, 0.3) is 5.69 Å². The average Bonchev–Trinajstić information content (AvgIpc) is 2.88. The van der Waals surface area contributed by atoms with Gasteiger partial charge in [0.1, 0.15) is 5.65 Å². The fourth-order valence-electron chi connectivity index (χ4n) is 2.58. The van der Waals surface area contributed by atoms with Gasteiger partial charge in [-0.15, -0.1) is 11.6 Å². The second-order valence-corrected chi connectivity index (χ2v) is 5.81. The number of hydrogen-bond donors (Lipinski definition) is 0. The minimum atomic E-state index is -0.408. The molecule has 3 rings (SSSR count). The van der Waals surface area contributed by atoms with E-state index < -0.39 is 4.92 Å². The third-order valence-electron chi connectivity index (χ3n) is 3.59. The smallest absolute Gasteiger partial charge is 0.270 e. The van der Waals surface area contributed by atoms with Crippen LogP contribution in [0.1, 0.15) is 23.6 Å². The van der Waals surface area contributed by atoms with Crippen molar-refractivity contribution in [1.29, 1.82) is 0 Å². The SMILES string of the molecule is Cc1cccn2c(C(C)Cl)c(-c3cccc([N+](=O)[O-])c3)nc12. The molecule has 1 atom stereocenters. The molecule has 1 unspecified atom stereocenters. The van der Waals surface area contributed by atoms with Gasteiger partial charge in [-0.05, 0) is 25.5 Å². The van der Waals surface area contributed by atoms with Gasteiger partial charge in [0.15, 0.2) is 0 Å². The summed E-state index contributed by atoms with van der Waals surface area (Å²) in [5.74, 6) is 0. The lowest BCUT2D eigenvalue weighted by molar-refractivity contribution is -0.384. The third-order valence-corrected chi connectivity index (χ3v) is 3.80. The number of non-ortho nitro benzene ring substituents is 1. The largest absolute Gasteiger partial charge is 0.302 e. The first-order chi connectivity index (χ1) is 10.5. The highest BCUT2D eigenvalue weighted by atomic mass is 35.5. The van der Waals surface area contributed by atoms with Crippen molar-refractivity contribution >= 4 is 22.9 Å². The van der Waals surface area contributed by atoms with Gasteiger partial charge in [-0.25, -0.2) is 4.98 Å². The van der Waals surface area contributed by atoms with E-state index in [-0.39, 0.29) is 11.1 Å². The van der Waals surface area contributed by atoms with Crippen molar-refractivity contribution in [1.82, 2.24) is 9.38 Å². The first-order valence-electron chi connectivity index (χ1n) is 6.85. The van der Waals surface area contributed by atoms with Crippen LogP contribution >= 0.6 is 11.6 Å². The van der Waals surface area contributed by atoms with E-state index in [4.69, 9.17) is 11.6 Å². The van der Waals surface area contributed by atoms with Crippen molar-refractivity contribution in [2.24, 2.45) is 0 Å². The lowest BCUT2D eigenvalue weighted by Gasteiger charge is -2.07. The molecular formula is C16H14ClN3O2. The summed E-state index contributed by atoms with van der Waals surface area (Å²) >= 11 is 6.34. The van der Waals surface area contributed by atoms with Crippen molar-refractivity contribution in [3.63, 3.8) is 0 Å². The normalized spacial score (nSPS) is 12.5. The summed E-state index contributed by atoms with van der Waals surface area (Å²) in [7, 11) is 0. The summed E-state index contributed by atoms with van der Waals surface area (Å²) in [6.45, 7) is 3.84. The molecule has 0 saturated carbocycles. The average molecular weight is 316 g/mol. The summed E-state index contributed by atoms with van der Waals surface area (Å²) in [6.07, 6.45) is 1.91. The lowest BCUT2D eigenvalue weighted by Crippen LogP contribution is -1.96. The summed E-state index contributed by atoms with van der Waals surface area (Å²) < 4.78 is 1.95. The van der Waals surface area contributed by atoms with Crippen molar-refractivity contribution < 1.29 is 4.92 Å². The molecule has 0 fully saturated rings. The number of hydrogen-bond acceptors (Lipinski definition) is 3. The van der Waals surface area contributed by atoms with Crippen LogP contribution in [0.25, 0.3) is 16.9 Å². The van der Waals surface area contributed by atoms with Crippen LogP contribution in [0.15, 0.2) is 42.6 Å². The monoisotopic (exact) mass is 315 g/mol. The predicted octanol–water partition coefficient (Wildman–Crippen LogP) is 4.52. The zero-order chi connectivity index (χ0) is 15.9. The van der Waals surface area contributed by atoms with Crippen LogP contribution in [0.4, 0.5) is 5.69 Å². The molecule has 6 heteroatoms. The molecule has 0 aliphatic rings. The van der Waals surface area contributed by atoms with Gasteiger partial charge in [-0.3, -0.25) is 10.1 Å². The number of alkyl halides is 1. The van der Waals surface area contributed by atoms with E-state index in [1.165, 1.54) is 12.1 Å². The molecule has 3 aromatic rings. The lowest BCUT2D eigenvalue weighted by atomic mass is 10.1. The number of aryl methyl sites for hydroxylation is 1. The fourth-order valence-corrected chi connectivity index (χ4v) is 2.79. The van der Waals surface area contributed by atoms with Crippen LogP contribution in [0.3, 0.4) is 0 Å². The van der Waals surface area contributed by atoms with E-state index >= 15 is 0 Å². The number of pyridine rings is 1. The number of aromatic nitrogens is 2.